The molecule has 0 fully saturated rings. The van der Waals surface area contributed by atoms with Gasteiger partial charge in [0.05, 0.1) is 12.2 Å². The monoisotopic (exact) mass is 267 g/mol. The molecule has 0 saturated heterocycles. The smallest absolute Gasteiger partial charge is 0.340 e. The van der Waals surface area contributed by atoms with Crippen molar-refractivity contribution in [3.8, 4) is 0 Å². The van der Waals surface area contributed by atoms with E-state index in [1.807, 2.05) is 0 Å². The molecule has 1 aromatic rings. The molecule has 1 atom stereocenters. The van der Waals surface area contributed by atoms with Crippen molar-refractivity contribution in [3.05, 3.63) is 29.6 Å². The number of carbonyl (C=O) groups is 1. The number of carbonyl (C=O) groups excluding carboxylic acids is 1. The lowest BCUT2D eigenvalue weighted by Crippen LogP contribution is -2.15. The van der Waals surface area contributed by atoms with Crippen LogP contribution in [0.4, 0.5) is 10.1 Å². The van der Waals surface area contributed by atoms with Gasteiger partial charge in [0, 0.05) is 5.69 Å². The molecule has 1 unspecified atom stereocenters. The predicted octanol–water partition coefficient (Wildman–Crippen LogP) is 3.78. The number of unbranched alkanes of at least 4 members (excludes halogenated alkanes) is 1. The first kappa shape index (κ1) is 15.5. The number of hydrogen-bond donors (Lipinski definition) is 1. The fourth-order valence-corrected chi connectivity index (χ4v) is 1.87. The van der Waals surface area contributed by atoms with E-state index >= 15 is 0 Å². The van der Waals surface area contributed by atoms with Gasteiger partial charge in [-0.15, -0.1) is 0 Å². The van der Waals surface area contributed by atoms with Gasteiger partial charge in [0.1, 0.15) is 5.82 Å². The maximum Gasteiger partial charge on any atom is 0.340 e. The number of hydrogen-bond acceptors (Lipinski definition) is 3. The first-order valence-corrected chi connectivity index (χ1v) is 6.80. The first-order chi connectivity index (χ1) is 9.08. The molecule has 0 bridgehead atoms. The van der Waals surface area contributed by atoms with Crippen LogP contribution in [-0.4, -0.2) is 12.6 Å². The third-order valence-corrected chi connectivity index (χ3v) is 3.23. The molecule has 1 rings (SSSR count). The highest BCUT2D eigenvalue weighted by atomic mass is 19.1. The summed E-state index contributed by atoms with van der Waals surface area (Å²) in [7, 11) is 0. The van der Waals surface area contributed by atoms with E-state index < -0.39 is 11.8 Å². The molecule has 0 amide bonds. The largest absolute Gasteiger partial charge is 0.462 e. The molecule has 0 heterocycles. The van der Waals surface area contributed by atoms with Gasteiger partial charge in [-0.3, -0.25) is 0 Å². The van der Waals surface area contributed by atoms with E-state index in [0.29, 0.717) is 12.5 Å². The Labute approximate surface area is 113 Å². The Morgan fingerprint density at radius 1 is 1.42 bits per heavy atom. The summed E-state index contributed by atoms with van der Waals surface area (Å²) in [5.74, 6) is -0.676. The minimum Gasteiger partial charge on any atom is -0.462 e. The van der Waals surface area contributed by atoms with Gasteiger partial charge in [-0.05, 0) is 30.5 Å². The van der Waals surface area contributed by atoms with Crippen molar-refractivity contribution >= 4 is 11.7 Å². The fourth-order valence-electron chi connectivity index (χ4n) is 1.87. The van der Waals surface area contributed by atoms with Crippen molar-refractivity contribution < 1.29 is 13.9 Å². The molecule has 4 heteroatoms. The number of nitrogens with two attached hydrogens (primary N) is 1. The van der Waals surface area contributed by atoms with Gasteiger partial charge in [-0.25, -0.2) is 9.18 Å². The topological polar surface area (TPSA) is 52.3 Å². The number of halogens is 1. The Hall–Kier alpha value is -1.58. The third-order valence-electron chi connectivity index (χ3n) is 3.23. The number of nitrogen functional groups attached to an aromatic ring is 1. The van der Waals surface area contributed by atoms with Gasteiger partial charge in [0.2, 0.25) is 0 Å². The summed E-state index contributed by atoms with van der Waals surface area (Å²) in [5, 5.41) is 0. The van der Waals surface area contributed by atoms with Crippen molar-refractivity contribution in [2.45, 2.75) is 39.5 Å². The van der Waals surface area contributed by atoms with Crippen molar-refractivity contribution in [1.82, 2.24) is 0 Å². The maximum absolute atomic E-state index is 13.1. The molecule has 0 aliphatic heterocycles. The summed E-state index contributed by atoms with van der Waals surface area (Å²) >= 11 is 0. The van der Waals surface area contributed by atoms with Crippen LogP contribution in [0.25, 0.3) is 0 Å². The number of rotatable bonds is 7. The Bertz CT molecular complexity index is 421. The van der Waals surface area contributed by atoms with E-state index in [0.717, 1.165) is 31.7 Å². The van der Waals surface area contributed by atoms with Crippen LogP contribution in [0.5, 0.6) is 0 Å². The molecule has 19 heavy (non-hydrogen) atoms. The van der Waals surface area contributed by atoms with Crippen LogP contribution in [0, 0.1) is 11.7 Å². The maximum atomic E-state index is 13.1. The number of anilines is 1. The van der Waals surface area contributed by atoms with E-state index in [1.165, 1.54) is 12.1 Å². The normalized spacial score (nSPS) is 12.2. The standard InChI is InChI=1S/C15H22FNO2/c1-3-5-6-11(4-2)10-19-15(18)13-9-12(16)7-8-14(13)17/h7-9,11H,3-6,10,17H2,1-2H3. The summed E-state index contributed by atoms with van der Waals surface area (Å²) in [6.07, 6.45) is 4.25. The highest BCUT2D eigenvalue weighted by molar-refractivity contribution is 5.95. The molecule has 0 aromatic heterocycles. The highest BCUT2D eigenvalue weighted by Crippen LogP contribution is 2.17. The molecule has 0 aliphatic rings. The second-order valence-electron chi connectivity index (χ2n) is 4.75. The minimum atomic E-state index is -0.549. The Morgan fingerprint density at radius 3 is 2.79 bits per heavy atom. The third kappa shape index (κ3) is 4.89. The van der Waals surface area contributed by atoms with Gasteiger partial charge in [-0.2, -0.15) is 0 Å². The van der Waals surface area contributed by atoms with E-state index in [-0.39, 0.29) is 11.3 Å². The van der Waals surface area contributed by atoms with E-state index in [4.69, 9.17) is 10.5 Å². The molecular weight excluding hydrogens is 245 g/mol. The average molecular weight is 267 g/mol. The zero-order chi connectivity index (χ0) is 14.3. The minimum absolute atomic E-state index is 0.102. The van der Waals surface area contributed by atoms with Crippen molar-refractivity contribution in [2.24, 2.45) is 5.92 Å². The summed E-state index contributed by atoms with van der Waals surface area (Å²) in [4.78, 5) is 11.8. The molecule has 2 N–H and O–H groups in total. The molecule has 0 aliphatic carbocycles. The van der Waals surface area contributed by atoms with E-state index in [2.05, 4.69) is 13.8 Å². The van der Waals surface area contributed by atoms with Gasteiger partial charge in [-0.1, -0.05) is 33.1 Å². The Morgan fingerprint density at radius 2 is 2.16 bits per heavy atom. The number of ether oxygens (including phenoxy) is 1. The lowest BCUT2D eigenvalue weighted by molar-refractivity contribution is 0.0429. The molecular formula is C15H22FNO2. The van der Waals surface area contributed by atoms with Gasteiger partial charge < -0.3 is 10.5 Å². The zero-order valence-corrected chi connectivity index (χ0v) is 11.6. The van der Waals surface area contributed by atoms with Crippen LogP contribution in [0.15, 0.2) is 18.2 Å². The van der Waals surface area contributed by atoms with E-state index in [1.54, 1.807) is 0 Å². The van der Waals surface area contributed by atoms with Crippen LogP contribution in [0.1, 0.15) is 49.9 Å². The fraction of sp³-hybridized carbons (Fsp3) is 0.533. The first-order valence-electron chi connectivity index (χ1n) is 6.80. The quantitative estimate of drug-likeness (QED) is 0.604. The van der Waals surface area contributed by atoms with Gasteiger partial charge in [0.15, 0.2) is 0 Å². The molecule has 3 nitrogen and oxygen atoms in total. The van der Waals surface area contributed by atoms with Crippen LogP contribution < -0.4 is 5.73 Å². The highest BCUT2D eigenvalue weighted by Gasteiger charge is 2.15. The van der Waals surface area contributed by atoms with Crippen LogP contribution >= 0.6 is 0 Å². The second-order valence-corrected chi connectivity index (χ2v) is 4.75. The number of benzene rings is 1. The molecule has 0 radical (unpaired) electrons. The second kappa shape index (κ2) is 7.77. The van der Waals surface area contributed by atoms with Crippen LogP contribution in [0.2, 0.25) is 0 Å². The molecule has 0 spiro atoms. The summed E-state index contributed by atoms with van der Waals surface area (Å²) in [6.45, 7) is 4.57. The molecule has 1 aromatic carbocycles. The predicted molar refractivity (Wildman–Crippen MR) is 74.4 cm³/mol. The summed E-state index contributed by atoms with van der Waals surface area (Å²) < 4.78 is 18.3. The van der Waals surface area contributed by atoms with Crippen molar-refractivity contribution in [2.75, 3.05) is 12.3 Å². The van der Waals surface area contributed by atoms with Crippen molar-refractivity contribution in [1.29, 1.82) is 0 Å². The lowest BCUT2D eigenvalue weighted by Gasteiger charge is -2.15. The average Bonchev–Trinajstić information content (AvgIpc) is 2.41. The molecule has 106 valence electrons. The summed E-state index contributed by atoms with van der Waals surface area (Å²) in [5.41, 5.74) is 5.99. The Kier molecular flexibility index (Phi) is 6.33. The van der Waals surface area contributed by atoms with Crippen molar-refractivity contribution in [3.63, 3.8) is 0 Å². The van der Waals surface area contributed by atoms with E-state index in [9.17, 15) is 9.18 Å². The SMILES string of the molecule is CCCCC(CC)COC(=O)c1cc(F)ccc1N. The summed E-state index contributed by atoms with van der Waals surface area (Å²) in [6, 6.07) is 3.72. The Balaban J connectivity index is 2.56. The van der Waals surface area contributed by atoms with Gasteiger partial charge >= 0.3 is 5.97 Å². The molecule has 0 saturated carbocycles. The van der Waals surface area contributed by atoms with Crippen LogP contribution in [-0.2, 0) is 4.74 Å². The zero-order valence-electron chi connectivity index (χ0n) is 11.6. The lowest BCUT2D eigenvalue weighted by atomic mass is 10.0. The van der Waals surface area contributed by atoms with Crippen LogP contribution in [0.3, 0.4) is 0 Å². The van der Waals surface area contributed by atoms with Gasteiger partial charge in [0.25, 0.3) is 0 Å². The number of esters is 1.